The summed E-state index contributed by atoms with van der Waals surface area (Å²) in [5.74, 6) is 0. The van der Waals surface area contributed by atoms with Crippen LogP contribution in [0, 0.1) is 0 Å². The van der Waals surface area contributed by atoms with Crippen molar-refractivity contribution < 1.29 is 37.9 Å². The fourth-order valence-electron chi connectivity index (χ4n) is 4.53. The lowest BCUT2D eigenvalue weighted by molar-refractivity contribution is -0.0397. The highest BCUT2D eigenvalue weighted by Crippen LogP contribution is 2.40. The molecule has 0 fully saturated rings. The highest BCUT2D eigenvalue weighted by Gasteiger charge is 2.37. The molecule has 2 N–H and O–H groups in total. The van der Waals surface area contributed by atoms with Gasteiger partial charge in [-0.05, 0) is 16.7 Å². The molecule has 0 radical (unpaired) electrons. The number of benzene rings is 3. The van der Waals surface area contributed by atoms with Gasteiger partial charge in [-0.2, -0.15) is 0 Å². The molecule has 3 rings (SSSR count). The third-order valence-corrected chi connectivity index (χ3v) is 6.58. The van der Waals surface area contributed by atoms with Crippen molar-refractivity contribution in [3.05, 3.63) is 108 Å². The van der Waals surface area contributed by atoms with Crippen LogP contribution < -0.4 is 5.73 Å². The molecule has 0 bridgehead atoms. The van der Waals surface area contributed by atoms with Crippen LogP contribution in [0.25, 0.3) is 0 Å². The molecule has 0 amide bonds. The Labute approximate surface area is 262 Å². The van der Waals surface area contributed by atoms with Crippen LogP contribution >= 0.6 is 0 Å². The summed E-state index contributed by atoms with van der Waals surface area (Å²) >= 11 is 0. The third kappa shape index (κ3) is 13.5. The van der Waals surface area contributed by atoms with E-state index in [0.717, 1.165) is 16.7 Å². The fraction of sp³-hybridized carbons (Fsp3) is 0.486. The van der Waals surface area contributed by atoms with Crippen molar-refractivity contribution in [3.8, 4) is 0 Å². The van der Waals surface area contributed by atoms with Gasteiger partial charge in [0.15, 0.2) is 0 Å². The topological polar surface area (TPSA) is 99.9 Å². The quantitative estimate of drug-likeness (QED) is 0.101. The van der Waals surface area contributed by atoms with Gasteiger partial charge in [-0.15, -0.1) is 0 Å². The molecule has 9 nitrogen and oxygen atoms in total. The van der Waals surface area contributed by atoms with E-state index in [9.17, 15) is 0 Å². The lowest BCUT2D eigenvalue weighted by Gasteiger charge is -2.36. The largest absolute Gasteiger partial charge is 0.378 e. The van der Waals surface area contributed by atoms with Crippen LogP contribution in [0.5, 0.6) is 0 Å². The zero-order valence-corrected chi connectivity index (χ0v) is 25.8. The smallest absolute Gasteiger partial charge is 0.143 e. The van der Waals surface area contributed by atoms with E-state index in [1.165, 1.54) is 0 Å². The van der Waals surface area contributed by atoms with E-state index in [1.807, 2.05) is 54.6 Å². The Morgan fingerprint density at radius 2 is 0.591 bits per heavy atom. The number of nitrogens with two attached hydrogens (primary N) is 1. The molecule has 44 heavy (non-hydrogen) atoms. The number of ether oxygens (including phenoxy) is 8. The van der Waals surface area contributed by atoms with Gasteiger partial charge in [0.2, 0.25) is 0 Å². The predicted octanol–water partition coefficient (Wildman–Crippen LogP) is 4.07. The molecule has 0 atom stereocenters. The summed E-state index contributed by atoms with van der Waals surface area (Å²) in [6.45, 7) is 8.15. The maximum atomic E-state index is 6.71. The highest BCUT2D eigenvalue weighted by molar-refractivity contribution is 5.47. The first-order valence-corrected chi connectivity index (χ1v) is 15.4. The lowest BCUT2D eigenvalue weighted by atomic mass is 9.80. The molecule has 242 valence electrons. The van der Waals surface area contributed by atoms with E-state index in [0.29, 0.717) is 106 Å². The van der Waals surface area contributed by atoms with Crippen LogP contribution in [0.15, 0.2) is 91.0 Å². The second-order valence-corrected chi connectivity index (χ2v) is 9.70. The zero-order valence-electron chi connectivity index (χ0n) is 25.8. The standard InChI is InChI=1S/C35H49NO8/c36-16-17-37-18-19-38-20-21-39-22-23-40-24-25-41-26-27-42-28-29-43-30-31-44-35(32-10-4-1-5-11-32,33-12-6-2-7-13-33)34-14-8-3-9-15-34/h1-15H,16-31,36H2. The Morgan fingerprint density at radius 1 is 0.341 bits per heavy atom. The second-order valence-electron chi connectivity index (χ2n) is 9.70. The average Bonchev–Trinajstić information content (AvgIpc) is 3.08. The molecule has 0 aliphatic heterocycles. The summed E-state index contributed by atoms with van der Waals surface area (Å²) in [6.07, 6.45) is 0. The van der Waals surface area contributed by atoms with Crippen LogP contribution in [-0.2, 0) is 43.5 Å². The summed E-state index contributed by atoms with van der Waals surface area (Å²) in [5.41, 5.74) is 7.82. The monoisotopic (exact) mass is 611 g/mol. The molecule has 0 aromatic heterocycles. The predicted molar refractivity (Wildman–Crippen MR) is 170 cm³/mol. The van der Waals surface area contributed by atoms with E-state index in [4.69, 9.17) is 43.6 Å². The Morgan fingerprint density at radius 3 is 0.864 bits per heavy atom. The summed E-state index contributed by atoms with van der Waals surface area (Å²) < 4.78 is 45.3. The Balaban J connectivity index is 1.21. The molecule has 0 saturated carbocycles. The summed E-state index contributed by atoms with van der Waals surface area (Å²) in [5, 5.41) is 0. The number of hydrogen-bond acceptors (Lipinski definition) is 9. The molecule has 3 aromatic rings. The van der Waals surface area contributed by atoms with E-state index >= 15 is 0 Å². The molecule has 0 saturated heterocycles. The van der Waals surface area contributed by atoms with Crippen LogP contribution in [0.4, 0.5) is 0 Å². The molecule has 0 unspecified atom stereocenters. The zero-order chi connectivity index (χ0) is 30.8. The van der Waals surface area contributed by atoms with Crippen LogP contribution in [0.3, 0.4) is 0 Å². The van der Waals surface area contributed by atoms with E-state index in [2.05, 4.69) is 36.4 Å². The molecule has 0 aliphatic carbocycles. The first-order chi connectivity index (χ1) is 21.9. The van der Waals surface area contributed by atoms with Crippen molar-refractivity contribution >= 4 is 0 Å². The van der Waals surface area contributed by atoms with Gasteiger partial charge in [-0.25, -0.2) is 0 Å². The number of rotatable bonds is 27. The minimum Gasteiger partial charge on any atom is -0.378 e. The SMILES string of the molecule is NCCOCCOCCOCCOCCOCCOCCOCCOC(c1ccccc1)(c1ccccc1)c1ccccc1. The Bertz CT molecular complexity index is 961. The van der Waals surface area contributed by atoms with Crippen molar-refractivity contribution in [2.75, 3.05) is 106 Å². The van der Waals surface area contributed by atoms with Crippen molar-refractivity contribution in [2.45, 2.75) is 5.60 Å². The van der Waals surface area contributed by atoms with E-state index in [-0.39, 0.29) is 0 Å². The van der Waals surface area contributed by atoms with Crippen molar-refractivity contribution in [3.63, 3.8) is 0 Å². The second kappa shape index (κ2) is 23.7. The molecule has 0 aliphatic rings. The average molecular weight is 612 g/mol. The van der Waals surface area contributed by atoms with Gasteiger partial charge in [0.05, 0.1) is 99.1 Å². The maximum absolute atomic E-state index is 6.71. The molecule has 0 heterocycles. The Hall–Kier alpha value is -2.70. The normalized spacial score (nSPS) is 11.7. The van der Waals surface area contributed by atoms with Crippen molar-refractivity contribution in [1.82, 2.24) is 0 Å². The van der Waals surface area contributed by atoms with Crippen molar-refractivity contribution in [2.24, 2.45) is 5.73 Å². The van der Waals surface area contributed by atoms with Gasteiger partial charge >= 0.3 is 0 Å². The molecule has 3 aromatic carbocycles. The maximum Gasteiger partial charge on any atom is 0.143 e. The Kier molecular flexibility index (Phi) is 19.2. The summed E-state index contributed by atoms with van der Waals surface area (Å²) in [4.78, 5) is 0. The van der Waals surface area contributed by atoms with Crippen molar-refractivity contribution in [1.29, 1.82) is 0 Å². The highest BCUT2D eigenvalue weighted by atomic mass is 16.6. The number of hydrogen-bond donors (Lipinski definition) is 1. The summed E-state index contributed by atoms with van der Waals surface area (Å²) in [6, 6.07) is 31.0. The van der Waals surface area contributed by atoms with E-state index < -0.39 is 5.60 Å². The lowest BCUT2D eigenvalue weighted by Crippen LogP contribution is -2.34. The van der Waals surface area contributed by atoms with Gasteiger partial charge in [0, 0.05) is 6.54 Å². The first kappa shape index (κ1) is 35.8. The third-order valence-electron chi connectivity index (χ3n) is 6.58. The molecular formula is C35H49NO8. The van der Waals surface area contributed by atoms with Gasteiger partial charge in [0.25, 0.3) is 0 Å². The van der Waals surface area contributed by atoms with Crippen LogP contribution in [0.1, 0.15) is 16.7 Å². The van der Waals surface area contributed by atoms with Gasteiger partial charge < -0.3 is 43.6 Å². The van der Waals surface area contributed by atoms with Gasteiger partial charge in [-0.1, -0.05) is 91.0 Å². The minimum atomic E-state index is -0.743. The molecular weight excluding hydrogens is 562 g/mol. The summed E-state index contributed by atoms with van der Waals surface area (Å²) in [7, 11) is 0. The van der Waals surface area contributed by atoms with Gasteiger partial charge in [-0.3, -0.25) is 0 Å². The van der Waals surface area contributed by atoms with Crippen LogP contribution in [0.2, 0.25) is 0 Å². The first-order valence-electron chi connectivity index (χ1n) is 15.4. The van der Waals surface area contributed by atoms with E-state index in [1.54, 1.807) is 0 Å². The molecule has 0 spiro atoms. The van der Waals surface area contributed by atoms with Gasteiger partial charge in [0.1, 0.15) is 5.60 Å². The minimum absolute atomic E-state index is 0.422. The molecule has 9 heteroatoms. The fourth-order valence-corrected chi connectivity index (χ4v) is 4.53. The van der Waals surface area contributed by atoms with Crippen LogP contribution in [-0.4, -0.2) is 106 Å².